The van der Waals surface area contributed by atoms with Crippen LogP contribution in [0.1, 0.15) is 77.2 Å². The Hall–Kier alpha value is -4.11. The fourth-order valence-corrected chi connectivity index (χ4v) is 9.76. The lowest BCUT2D eigenvalue weighted by atomic mass is 9.93. The van der Waals surface area contributed by atoms with E-state index in [4.69, 9.17) is 5.10 Å². The third-order valence-corrected chi connectivity index (χ3v) is 13.2. The van der Waals surface area contributed by atoms with Gasteiger partial charge in [-0.05, 0) is 73.7 Å². The average Bonchev–Trinajstić information content (AvgIpc) is 3.84. The summed E-state index contributed by atoms with van der Waals surface area (Å²) in [5, 5.41) is 16.9. The average molecular weight is 772 g/mol. The smallest absolute Gasteiger partial charge is 0.274 e. The molecule has 1 aliphatic rings. The van der Waals surface area contributed by atoms with Crippen LogP contribution in [0.15, 0.2) is 104 Å². The Morgan fingerprint density at radius 1 is 0.943 bits per heavy atom. The number of aryl methyl sites for hydroxylation is 1. The second-order valence-corrected chi connectivity index (χ2v) is 16.9. The molecule has 0 radical (unpaired) electrons. The number of nitrogens with one attached hydrogen (secondary N) is 1. The zero-order valence-corrected chi connectivity index (χ0v) is 32.6. The molecule has 0 saturated carbocycles. The molecule has 3 aromatic carbocycles. The standard InChI is InChI=1S/C40H45N5O5S3/c1-4-6-19-43(20-7-5-2)40(48)36-21-28(3)45(41-36)37-18-17-31(42-53(50)38-24-34(27-51-38)52(49)33-15-9-8-10-16-33)23-35(37)39(47)44-25-30-14-12-11-13-29(30)22-32(44)26-46/h8-18,21,23-24,27,32,42,46H,4-7,19-20,22,25-26H2,1-3H3/t32-,52?,53?/m0/s1. The number of thiophene rings is 1. The van der Waals surface area contributed by atoms with Gasteiger partial charge in [0.1, 0.15) is 11.4 Å². The third kappa shape index (κ3) is 8.83. The van der Waals surface area contributed by atoms with Crippen molar-refractivity contribution in [2.75, 3.05) is 24.4 Å². The number of unbranched alkanes of at least 4 members (excludes halogenated alkanes) is 2. The Balaban J connectivity index is 1.34. The van der Waals surface area contributed by atoms with Crippen molar-refractivity contribution in [2.45, 2.75) is 79.5 Å². The highest BCUT2D eigenvalue weighted by atomic mass is 32.2. The molecule has 53 heavy (non-hydrogen) atoms. The predicted molar refractivity (Wildman–Crippen MR) is 210 cm³/mol. The summed E-state index contributed by atoms with van der Waals surface area (Å²) >= 11 is -1.90. The van der Waals surface area contributed by atoms with E-state index in [1.54, 1.807) is 57.4 Å². The summed E-state index contributed by atoms with van der Waals surface area (Å²) in [5.41, 5.74) is 4.25. The fraction of sp³-hybridized carbons (Fsp3) is 0.325. The summed E-state index contributed by atoms with van der Waals surface area (Å²) < 4.78 is 31.9. The first-order valence-electron chi connectivity index (χ1n) is 17.9. The Morgan fingerprint density at radius 3 is 2.34 bits per heavy atom. The first kappa shape index (κ1) is 38.6. The van der Waals surface area contributed by atoms with Gasteiger partial charge in [-0.1, -0.05) is 80.5 Å². The van der Waals surface area contributed by atoms with Crippen LogP contribution in [0.25, 0.3) is 5.69 Å². The van der Waals surface area contributed by atoms with Crippen molar-refractivity contribution in [1.29, 1.82) is 0 Å². The highest BCUT2D eigenvalue weighted by Crippen LogP contribution is 2.32. The SMILES string of the molecule is CCCCN(CCCC)C(=O)c1cc(C)n(-c2ccc(N[S+]([O-])c3cc([S+]([O-])c4ccccc4)cs3)cc2C(=O)N2Cc3ccccc3C[C@H]2CO)n1. The van der Waals surface area contributed by atoms with Crippen LogP contribution >= 0.6 is 11.3 Å². The number of aliphatic hydroxyl groups is 1. The van der Waals surface area contributed by atoms with Crippen molar-refractivity contribution in [3.63, 3.8) is 0 Å². The number of nitrogens with zero attached hydrogens (tertiary/aromatic N) is 4. The molecule has 3 heterocycles. The summed E-state index contributed by atoms with van der Waals surface area (Å²) in [7, 11) is 0. The van der Waals surface area contributed by atoms with E-state index < -0.39 is 28.6 Å². The van der Waals surface area contributed by atoms with Crippen LogP contribution in [0.4, 0.5) is 5.69 Å². The number of hydrogen-bond donors (Lipinski definition) is 2. The maximum Gasteiger partial charge on any atom is 0.274 e. The van der Waals surface area contributed by atoms with Gasteiger partial charge in [0.25, 0.3) is 11.8 Å². The van der Waals surface area contributed by atoms with Crippen molar-refractivity contribution in [3.8, 4) is 5.69 Å². The molecule has 1 aliphatic heterocycles. The molecule has 2 aromatic heterocycles. The monoisotopic (exact) mass is 771 g/mol. The normalized spacial score (nSPS) is 15.1. The van der Waals surface area contributed by atoms with Crippen LogP contribution in [0.3, 0.4) is 0 Å². The fourth-order valence-electron chi connectivity index (χ4n) is 6.43. The molecule has 3 atom stereocenters. The molecule has 278 valence electrons. The second kappa shape index (κ2) is 17.8. The van der Waals surface area contributed by atoms with Crippen LogP contribution in [-0.4, -0.2) is 71.3 Å². The van der Waals surface area contributed by atoms with Gasteiger partial charge in [0, 0.05) is 36.5 Å². The summed E-state index contributed by atoms with van der Waals surface area (Å²) in [6, 6.07) is 25.1. The molecule has 2 unspecified atom stereocenters. The molecule has 2 N–H and O–H groups in total. The number of carbonyl (C=O) groups is 2. The Bertz CT molecular complexity index is 2010. The van der Waals surface area contributed by atoms with Gasteiger partial charge in [-0.3, -0.25) is 9.59 Å². The van der Waals surface area contributed by atoms with Crippen LogP contribution in [-0.2, 0) is 35.5 Å². The number of aromatic nitrogens is 2. The molecule has 2 amide bonds. The van der Waals surface area contributed by atoms with Gasteiger partial charge < -0.3 is 24.0 Å². The molecule has 0 fully saturated rings. The van der Waals surface area contributed by atoms with Gasteiger partial charge in [-0.15, -0.1) is 0 Å². The lowest BCUT2D eigenvalue weighted by Crippen LogP contribution is -2.46. The van der Waals surface area contributed by atoms with E-state index in [2.05, 4.69) is 18.6 Å². The summed E-state index contributed by atoms with van der Waals surface area (Å²) in [5.74, 6) is -0.471. The number of anilines is 1. The zero-order chi connectivity index (χ0) is 37.5. The van der Waals surface area contributed by atoms with Crippen LogP contribution in [0.5, 0.6) is 0 Å². The minimum absolute atomic E-state index is 0.146. The van der Waals surface area contributed by atoms with Crippen molar-refractivity contribution in [1.82, 2.24) is 19.6 Å². The number of hydrogen-bond acceptors (Lipinski definition) is 8. The molecule has 0 aliphatic carbocycles. The Labute approximate surface area is 321 Å². The highest BCUT2D eigenvalue weighted by Gasteiger charge is 2.33. The van der Waals surface area contributed by atoms with Gasteiger partial charge in [-0.25, -0.2) is 9.40 Å². The number of aliphatic hydroxyl groups excluding tert-OH is 1. The molecule has 0 spiro atoms. The lowest BCUT2D eigenvalue weighted by molar-refractivity contribution is 0.0544. The molecule has 5 aromatic rings. The molecule has 0 saturated heterocycles. The first-order valence-corrected chi connectivity index (χ1v) is 21.1. The minimum atomic E-state index is -1.72. The predicted octanol–water partition coefficient (Wildman–Crippen LogP) is 7.15. The summed E-state index contributed by atoms with van der Waals surface area (Å²) in [6.45, 7) is 7.44. The molecular weight excluding hydrogens is 727 g/mol. The van der Waals surface area contributed by atoms with E-state index in [1.165, 1.54) is 11.3 Å². The van der Waals surface area contributed by atoms with E-state index in [9.17, 15) is 23.8 Å². The molecule has 10 nitrogen and oxygen atoms in total. The van der Waals surface area contributed by atoms with Crippen LogP contribution < -0.4 is 4.72 Å². The lowest BCUT2D eigenvalue weighted by Gasteiger charge is -2.36. The van der Waals surface area contributed by atoms with Gasteiger partial charge in [0.05, 0.1) is 41.0 Å². The van der Waals surface area contributed by atoms with Crippen molar-refractivity contribution >= 4 is 51.4 Å². The maximum absolute atomic E-state index is 14.7. The van der Waals surface area contributed by atoms with E-state index in [0.29, 0.717) is 62.8 Å². The number of amides is 2. The Morgan fingerprint density at radius 2 is 1.64 bits per heavy atom. The van der Waals surface area contributed by atoms with Crippen LogP contribution in [0.2, 0.25) is 0 Å². The summed E-state index contributed by atoms with van der Waals surface area (Å²) in [6.07, 6.45) is 4.23. The van der Waals surface area contributed by atoms with Crippen LogP contribution in [0, 0.1) is 6.92 Å². The van der Waals surface area contributed by atoms with E-state index in [0.717, 1.165) is 36.8 Å². The van der Waals surface area contributed by atoms with E-state index in [-0.39, 0.29) is 24.0 Å². The second-order valence-electron chi connectivity index (χ2n) is 13.1. The molecule has 6 rings (SSSR count). The van der Waals surface area contributed by atoms with Gasteiger partial charge in [0.15, 0.2) is 15.5 Å². The zero-order valence-electron chi connectivity index (χ0n) is 30.2. The molecule has 13 heteroatoms. The number of rotatable bonds is 15. The van der Waals surface area contributed by atoms with Gasteiger partial charge >= 0.3 is 0 Å². The van der Waals surface area contributed by atoms with E-state index in [1.807, 2.05) is 54.3 Å². The van der Waals surface area contributed by atoms with Crippen molar-refractivity contribution in [3.05, 3.63) is 118 Å². The van der Waals surface area contributed by atoms with Crippen molar-refractivity contribution < 1.29 is 23.8 Å². The Kier molecular flexibility index (Phi) is 13.0. The highest BCUT2D eigenvalue weighted by molar-refractivity contribution is 7.95. The molecule has 0 bridgehead atoms. The quantitative estimate of drug-likeness (QED) is 0.108. The maximum atomic E-state index is 14.7. The van der Waals surface area contributed by atoms with Gasteiger partial charge in [-0.2, -0.15) is 5.10 Å². The number of benzene rings is 3. The first-order chi connectivity index (χ1) is 25.7. The minimum Gasteiger partial charge on any atom is -0.606 e. The van der Waals surface area contributed by atoms with Gasteiger partial charge in [0.2, 0.25) is 4.21 Å². The third-order valence-electron chi connectivity index (χ3n) is 9.36. The number of carbonyl (C=O) groups excluding carboxylic acids is 2. The van der Waals surface area contributed by atoms with E-state index >= 15 is 0 Å². The molecular formula is C40H45N5O5S3. The van der Waals surface area contributed by atoms with Crippen molar-refractivity contribution in [2.24, 2.45) is 0 Å². The number of fused-ring (bicyclic) bond motifs is 1. The summed E-state index contributed by atoms with van der Waals surface area (Å²) in [4.78, 5) is 33.1. The topological polar surface area (TPSA) is 137 Å². The largest absolute Gasteiger partial charge is 0.606 e.